The van der Waals surface area contributed by atoms with E-state index in [0.717, 1.165) is 0 Å². The molecule has 0 saturated heterocycles. The molecule has 0 fully saturated rings. The molecule has 0 atom stereocenters. The van der Waals surface area contributed by atoms with Gasteiger partial charge in [-0.1, -0.05) is 6.58 Å². The third kappa shape index (κ3) is 3.09. The van der Waals surface area contributed by atoms with Crippen LogP contribution in [0.3, 0.4) is 0 Å². The van der Waals surface area contributed by atoms with E-state index in [1.54, 1.807) is 18.2 Å². The van der Waals surface area contributed by atoms with Gasteiger partial charge in [-0.25, -0.2) is 0 Å². The van der Waals surface area contributed by atoms with Gasteiger partial charge in [-0.15, -0.1) is 0 Å². The minimum absolute atomic E-state index is 0.0544. The van der Waals surface area contributed by atoms with Crippen LogP contribution < -0.4 is 4.74 Å². The van der Waals surface area contributed by atoms with Crippen LogP contribution in [-0.4, -0.2) is 10.5 Å². The molecule has 0 heterocycles. The lowest BCUT2D eigenvalue weighted by Gasteiger charge is -2.22. The lowest BCUT2D eigenvalue weighted by Crippen LogP contribution is -2.24. The zero-order chi connectivity index (χ0) is 11.5. The van der Waals surface area contributed by atoms with Gasteiger partial charge in [-0.3, -0.25) is 10.1 Å². The second-order valence-electron chi connectivity index (χ2n) is 3.66. The minimum atomic E-state index is -0.476. The van der Waals surface area contributed by atoms with Crippen LogP contribution >= 0.6 is 0 Å². The van der Waals surface area contributed by atoms with E-state index in [4.69, 9.17) is 4.74 Å². The zero-order valence-corrected chi connectivity index (χ0v) is 8.77. The molecule has 0 amide bonds. The first-order chi connectivity index (χ1) is 6.94. The summed E-state index contributed by atoms with van der Waals surface area (Å²) in [6.07, 6.45) is 1.68. The molecular formula is C11H13NO3. The Morgan fingerprint density at radius 1 is 1.40 bits per heavy atom. The Kier molecular flexibility index (Phi) is 3.09. The van der Waals surface area contributed by atoms with Crippen molar-refractivity contribution in [3.8, 4) is 5.75 Å². The SMILES string of the molecule is C=CC(C)(C)Oc1ccc([N+](=O)[O-])cc1. The number of rotatable bonds is 4. The smallest absolute Gasteiger partial charge is 0.269 e. The summed E-state index contributed by atoms with van der Waals surface area (Å²) in [5.74, 6) is 0.588. The lowest BCUT2D eigenvalue weighted by molar-refractivity contribution is -0.384. The van der Waals surface area contributed by atoms with Crippen LogP contribution in [0.4, 0.5) is 5.69 Å². The van der Waals surface area contributed by atoms with Gasteiger partial charge in [0.15, 0.2) is 0 Å². The summed E-state index contributed by atoms with van der Waals surface area (Å²) in [6.45, 7) is 7.37. The first-order valence-corrected chi connectivity index (χ1v) is 4.52. The first kappa shape index (κ1) is 11.2. The van der Waals surface area contributed by atoms with Crippen molar-refractivity contribution in [2.45, 2.75) is 19.4 Å². The standard InChI is InChI=1S/C11H13NO3/c1-4-11(2,3)15-10-7-5-9(6-8-10)12(13)14/h4-8H,1H2,2-3H3. The van der Waals surface area contributed by atoms with Crippen molar-refractivity contribution in [1.29, 1.82) is 0 Å². The molecule has 1 aromatic rings. The van der Waals surface area contributed by atoms with Crippen molar-refractivity contribution < 1.29 is 9.66 Å². The Morgan fingerprint density at radius 2 is 1.93 bits per heavy atom. The van der Waals surface area contributed by atoms with Crippen LogP contribution in [0.5, 0.6) is 5.75 Å². The van der Waals surface area contributed by atoms with Crippen molar-refractivity contribution in [1.82, 2.24) is 0 Å². The summed E-state index contributed by atoms with van der Waals surface area (Å²) < 4.78 is 5.55. The molecule has 0 unspecified atom stereocenters. The molecule has 15 heavy (non-hydrogen) atoms. The maximum Gasteiger partial charge on any atom is 0.269 e. The predicted octanol–water partition coefficient (Wildman–Crippen LogP) is 2.94. The Hall–Kier alpha value is -1.84. The average molecular weight is 207 g/mol. The van der Waals surface area contributed by atoms with Crippen LogP contribution in [-0.2, 0) is 0 Å². The van der Waals surface area contributed by atoms with Crippen LogP contribution in [0.25, 0.3) is 0 Å². The summed E-state index contributed by atoms with van der Waals surface area (Å²) in [4.78, 5) is 9.96. The molecule has 0 aliphatic heterocycles. The van der Waals surface area contributed by atoms with Crippen molar-refractivity contribution in [2.75, 3.05) is 0 Å². The summed E-state index contributed by atoms with van der Waals surface area (Å²) in [5, 5.41) is 10.4. The van der Waals surface area contributed by atoms with E-state index in [2.05, 4.69) is 6.58 Å². The summed E-state index contributed by atoms with van der Waals surface area (Å²) in [7, 11) is 0. The fourth-order valence-electron chi connectivity index (χ4n) is 0.981. The van der Waals surface area contributed by atoms with E-state index in [-0.39, 0.29) is 5.69 Å². The Morgan fingerprint density at radius 3 is 2.33 bits per heavy atom. The third-order valence-corrected chi connectivity index (χ3v) is 1.92. The number of non-ortho nitro benzene ring substituents is 1. The van der Waals surface area contributed by atoms with E-state index < -0.39 is 10.5 Å². The van der Waals surface area contributed by atoms with Crippen LogP contribution in [0.15, 0.2) is 36.9 Å². The average Bonchev–Trinajstić information content (AvgIpc) is 2.18. The lowest BCUT2D eigenvalue weighted by atomic mass is 10.1. The van der Waals surface area contributed by atoms with E-state index in [0.29, 0.717) is 5.75 Å². The van der Waals surface area contributed by atoms with Crippen LogP contribution in [0.1, 0.15) is 13.8 Å². The predicted molar refractivity (Wildman–Crippen MR) is 58.0 cm³/mol. The van der Waals surface area contributed by atoms with Crippen molar-refractivity contribution >= 4 is 5.69 Å². The fraction of sp³-hybridized carbons (Fsp3) is 0.273. The maximum atomic E-state index is 10.4. The van der Waals surface area contributed by atoms with Gasteiger partial charge in [-0.2, -0.15) is 0 Å². The summed E-state index contributed by atoms with van der Waals surface area (Å²) in [6, 6.07) is 5.97. The zero-order valence-electron chi connectivity index (χ0n) is 8.77. The first-order valence-electron chi connectivity index (χ1n) is 4.52. The van der Waals surface area contributed by atoms with Gasteiger partial charge in [0.25, 0.3) is 5.69 Å². The minimum Gasteiger partial charge on any atom is -0.484 e. The summed E-state index contributed by atoms with van der Waals surface area (Å²) >= 11 is 0. The fourth-order valence-corrected chi connectivity index (χ4v) is 0.981. The molecule has 1 aromatic carbocycles. The number of nitrogens with zero attached hydrogens (tertiary/aromatic N) is 1. The van der Waals surface area contributed by atoms with Gasteiger partial charge in [0.2, 0.25) is 0 Å². The molecule has 1 rings (SSSR count). The van der Waals surface area contributed by atoms with Crippen LogP contribution in [0.2, 0.25) is 0 Å². The normalized spacial score (nSPS) is 10.8. The molecule has 0 spiro atoms. The van der Waals surface area contributed by atoms with Crippen molar-refractivity contribution in [3.63, 3.8) is 0 Å². The molecule has 4 nitrogen and oxygen atoms in total. The van der Waals surface area contributed by atoms with Gasteiger partial charge in [0.1, 0.15) is 11.4 Å². The second kappa shape index (κ2) is 4.13. The number of hydrogen-bond acceptors (Lipinski definition) is 3. The molecule has 0 radical (unpaired) electrons. The molecule has 0 aromatic heterocycles. The number of nitro groups is 1. The Balaban J connectivity index is 2.81. The Labute approximate surface area is 88.3 Å². The molecule has 0 bridgehead atoms. The molecule has 0 aliphatic rings. The van der Waals surface area contributed by atoms with Gasteiger partial charge in [0.05, 0.1) is 4.92 Å². The van der Waals surface area contributed by atoms with Gasteiger partial charge in [0, 0.05) is 12.1 Å². The third-order valence-electron chi connectivity index (χ3n) is 1.92. The topological polar surface area (TPSA) is 52.4 Å². The van der Waals surface area contributed by atoms with Crippen molar-refractivity contribution in [2.24, 2.45) is 0 Å². The van der Waals surface area contributed by atoms with E-state index in [9.17, 15) is 10.1 Å². The molecule has 80 valence electrons. The molecule has 0 saturated carbocycles. The van der Waals surface area contributed by atoms with Crippen LogP contribution in [0, 0.1) is 10.1 Å². The number of ether oxygens (including phenoxy) is 1. The highest BCUT2D eigenvalue weighted by Crippen LogP contribution is 2.21. The number of nitro benzene ring substituents is 1. The Bertz CT molecular complexity index is 368. The summed E-state index contributed by atoms with van der Waals surface area (Å²) in [5.41, 5.74) is -0.422. The highest BCUT2D eigenvalue weighted by molar-refractivity contribution is 5.36. The van der Waals surface area contributed by atoms with E-state index in [1.165, 1.54) is 12.1 Å². The monoisotopic (exact) mass is 207 g/mol. The second-order valence-corrected chi connectivity index (χ2v) is 3.66. The highest BCUT2D eigenvalue weighted by Gasteiger charge is 2.15. The highest BCUT2D eigenvalue weighted by atomic mass is 16.6. The molecule has 0 aliphatic carbocycles. The number of hydrogen-bond donors (Lipinski definition) is 0. The number of benzene rings is 1. The maximum absolute atomic E-state index is 10.4. The van der Waals surface area contributed by atoms with Gasteiger partial charge >= 0.3 is 0 Å². The molecule has 0 N–H and O–H groups in total. The molecule has 4 heteroatoms. The van der Waals surface area contributed by atoms with E-state index >= 15 is 0 Å². The van der Waals surface area contributed by atoms with Crippen molar-refractivity contribution in [3.05, 3.63) is 47.0 Å². The largest absolute Gasteiger partial charge is 0.484 e. The quantitative estimate of drug-likeness (QED) is 0.433. The molecular weight excluding hydrogens is 194 g/mol. The van der Waals surface area contributed by atoms with Gasteiger partial charge in [-0.05, 0) is 32.1 Å². The van der Waals surface area contributed by atoms with Gasteiger partial charge < -0.3 is 4.74 Å². The van der Waals surface area contributed by atoms with E-state index in [1.807, 2.05) is 13.8 Å².